The van der Waals surface area contributed by atoms with Crippen molar-refractivity contribution in [2.24, 2.45) is 5.73 Å². The predicted molar refractivity (Wildman–Crippen MR) is 103 cm³/mol. The summed E-state index contributed by atoms with van der Waals surface area (Å²) in [6, 6.07) is 16.5. The van der Waals surface area contributed by atoms with Crippen LogP contribution in [0, 0.1) is 6.92 Å². The molecular formula is C20H19N3OS. The Labute approximate surface area is 150 Å². The molecule has 25 heavy (non-hydrogen) atoms. The zero-order valence-corrected chi connectivity index (χ0v) is 15.0. The van der Waals surface area contributed by atoms with Gasteiger partial charge in [0.05, 0.1) is 24.2 Å². The molecule has 2 aromatic heterocycles. The molecule has 0 spiro atoms. The zero-order valence-electron chi connectivity index (χ0n) is 14.2. The molecule has 0 aliphatic carbocycles. The number of aryl methyl sites for hydroxylation is 1. The summed E-state index contributed by atoms with van der Waals surface area (Å²) >= 11 is 1.64. The second kappa shape index (κ2) is 6.35. The maximum atomic E-state index is 6.12. The first-order valence-corrected chi connectivity index (χ1v) is 9.00. The van der Waals surface area contributed by atoms with Crippen molar-refractivity contribution in [2.45, 2.75) is 13.5 Å². The molecule has 0 radical (unpaired) electrons. The van der Waals surface area contributed by atoms with Gasteiger partial charge in [0.25, 0.3) is 0 Å². The fourth-order valence-corrected chi connectivity index (χ4v) is 4.09. The number of imidazole rings is 1. The molecule has 0 saturated carbocycles. The van der Waals surface area contributed by atoms with Gasteiger partial charge in [-0.25, -0.2) is 4.98 Å². The Kier molecular flexibility index (Phi) is 4.03. The molecule has 0 fully saturated rings. The van der Waals surface area contributed by atoms with Gasteiger partial charge in [0.15, 0.2) is 4.96 Å². The van der Waals surface area contributed by atoms with Crippen LogP contribution >= 0.6 is 11.3 Å². The second-order valence-electron chi connectivity index (χ2n) is 5.90. The fourth-order valence-electron chi connectivity index (χ4n) is 3.17. The van der Waals surface area contributed by atoms with E-state index in [0.29, 0.717) is 6.54 Å². The summed E-state index contributed by atoms with van der Waals surface area (Å²) in [5, 5.41) is 2.14. The van der Waals surface area contributed by atoms with Crippen molar-refractivity contribution in [2.75, 3.05) is 7.11 Å². The first kappa shape index (κ1) is 15.9. The number of thiazole rings is 1. The number of rotatable bonds is 4. The lowest BCUT2D eigenvalue weighted by Crippen LogP contribution is -2.03. The molecule has 0 saturated heterocycles. The lowest BCUT2D eigenvalue weighted by molar-refractivity contribution is 0.412. The third-order valence-corrected chi connectivity index (χ3v) is 5.22. The first-order valence-electron chi connectivity index (χ1n) is 8.12. The van der Waals surface area contributed by atoms with E-state index in [1.165, 1.54) is 5.56 Å². The van der Waals surface area contributed by atoms with Crippen LogP contribution < -0.4 is 10.5 Å². The number of aromatic nitrogens is 2. The standard InChI is InChI=1S/C20H19N3OS/c1-13-10-15(8-9-18(13)24-2)19-16(11-21)23-17(12-25-20(23)22-19)14-6-4-3-5-7-14/h3-10,12H,11,21H2,1-2H3. The summed E-state index contributed by atoms with van der Waals surface area (Å²) in [5.74, 6) is 0.879. The van der Waals surface area contributed by atoms with Crippen LogP contribution in [0.15, 0.2) is 53.9 Å². The third-order valence-electron chi connectivity index (χ3n) is 4.39. The van der Waals surface area contributed by atoms with Crippen LogP contribution in [0.2, 0.25) is 0 Å². The SMILES string of the molecule is COc1ccc(-c2nc3scc(-c4ccccc4)n3c2CN)cc1C. The van der Waals surface area contributed by atoms with Crippen molar-refractivity contribution in [3.05, 3.63) is 65.2 Å². The minimum absolute atomic E-state index is 0.429. The Hall–Kier alpha value is -2.63. The minimum Gasteiger partial charge on any atom is -0.496 e. The molecule has 126 valence electrons. The quantitative estimate of drug-likeness (QED) is 0.590. The average Bonchev–Trinajstić information content (AvgIpc) is 3.21. The van der Waals surface area contributed by atoms with Crippen LogP contribution in [-0.2, 0) is 6.54 Å². The Morgan fingerprint density at radius 2 is 1.92 bits per heavy atom. The van der Waals surface area contributed by atoms with E-state index in [9.17, 15) is 0 Å². The molecule has 4 rings (SSSR count). The van der Waals surface area contributed by atoms with Crippen molar-refractivity contribution >= 4 is 16.3 Å². The number of methoxy groups -OCH3 is 1. The third kappa shape index (κ3) is 2.62. The molecular weight excluding hydrogens is 330 g/mol. The molecule has 0 aliphatic heterocycles. The van der Waals surface area contributed by atoms with Gasteiger partial charge in [-0.2, -0.15) is 0 Å². The van der Waals surface area contributed by atoms with Gasteiger partial charge in [-0.15, -0.1) is 11.3 Å². The number of hydrogen-bond acceptors (Lipinski definition) is 4. The highest BCUT2D eigenvalue weighted by molar-refractivity contribution is 7.15. The molecule has 0 unspecified atom stereocenters. The molecule has 0 atom stereocenters. The Bertz CT molecular complexity index is 1030. The monoisotopic (exact) mass is 349 g/mol. The highest BCUT2D eigenvalue weighted by Crippen LogP contribution is 2.34. The van der Waals surface area contributed by atoms with Crippen molar-refractivity contribution in [3.8, 4) is 28.3 Å². The van der Waals surface area contributed by atoms with E-state index in [1.807, 2.05) is 37.3 Å². The molecule has 0 bridgehead atoms. The van der Waals surface area contributed by atoms with Gasteiger partial charge in [-0.05, 0) is 36.2 Å². The number of ether oxygens (including phenoxy) is 1. The highest BCUT2D eigenvalue weighted by atomic mass is 32.1. The molecule has 4 aromatic rings. The molecule has 2 heterocycles. The van der Waals surface area contributed by atoms with Gasteiger partial charge in [-0.3, -0.25) is 4.40 Å². The predicted octanol–water partition coefficient (Wildman–Crippen LogP) is 4.51. The van der Waals surface area contributed by atoms with Crippen molar-refractivity contribution in [1.29, 1.82) is 0 Å². The van der Waals surface area contributed by atoms with E-state index in [-0.39, 0.29) is 0 Å². The highest BCUT2D eigenvalue weighted by Gasteiger charge is 2.18. The number of nitrogens with two attached hydrogens (primary N) is 1. The van der Waals surface area contributed by atoms with Crippen molar-refractivity contribution in [1.82, 2.24) is 9.38 Å². The summed E-state index contributed by atoms with van der Waals surface area (Å²) in [6.07, 6.45) is 0. The number of hydrogen-bond donors (Lipinski definition) is 1. The molecule has 2 aromatic carbocycles. The summed E-state index contributed by atoms with van der Waals surface area (Å²) in [5.41, 5.74) is 12.5. The van der Waals surface area contributed by atoms with Crippen LogP contribution in [0.5, 0.6) is 5.75 Å². The number of benzene rings is 2. The summed E-state index contributed by atoms with van der Waals surface area (Å²) in [4.78, 5) is 5.82. The van der Waals surface area contributed by atoms with Crippen LogP contribution in [0.3, 0.4) is 0 Å². The maximum absolute atomic E-state index is 6.12. The summed E-state index contributed by atoms with van der Waals surface area (Å²) in [7, 11) is 1.69. The Morgan fingerprint density at radius 1 is 1.12 bits per heavy atom. The average molecular weight is 349 g/mol. The molecule has 5 heteroatoms. The largest absolute Gasteiger partial charge is 0.496 e. The summed E-state index contributed by atoms with van der Waals surface area (Å²) < 4.78 is 7.54. The van der Waals surface area contributed by atoms with Gasteiger partial charge in [0.1, 0.15) is 5.75 Å². The van der Waals surface area contributed by atoms with Gasteiger partial charge in [0, 0.05) is 17.5 Å². The van der Waals surface area contributed by atoms with Crippen LogP contribution in [0.4, 0.5) is 0 Å². The topological polar surface area (TPSA) is 52.5 Å². The summed E-state index contributed by atoms with van der Waals surface area (Å²) in [6.45, 7) is 2.47. The minimum atomic E-state index is 0.429. The lowest BCUT2D eigenvalue weighted by Gasteiger charge is -2.08. The molecule has 0 amide bonds. The van der Waals surface area contributed by atoms with Crippen molar-refractivity contribution in [3.63, 3.8) is 0 Å². The van der Waals surface area contributed by atoms with E-state index in [4.69, 9.17) is 15.5 Å². The normalized spacial score (nSPS) is 11.2. The smallest absolute Gasteiger partial charge is 0.195 e. The van der Waals surface area contributed by atoms with Crippen molar-refractivity contribution < 1.29 is 4.74 Å². The van der Waals surface area contributed by atoms with Crippen LogP contribution in [0.1, 0.15) is 11.3 Å². The van der Waals surface area contributed by atoms with Gasteiger partial charge >= 0.3 is 0 Å². The van der Waals surface area contributed by atoms with Gasteiger partial charge < -0.3 is 10.5 Å². The van der Waals surface area contributed by atoms with E-state index >= 15 is 0 Å². The molecule has 0 aliphatic rings. The van der Waals surface area contributed by atoms with E-state index in [1.54, 1.807) is 18.4 Å². The Balaban J connectivity index is 1.92. The van der Waals surface area contributed by atoms with Gasteiger partial charge in [-0.1, -0.05) is 30.3 Å². The fraction of sp³-hybridized carbons (Fsp3) is 0.150. The molecule has 4 nitrogen and oxygen atoms in total. The second-order valence-corrected chi connectivity index (χ2v) is 6.74. The van der Waals surface area contributed by atoms with Crippen LogP contribution in [-0.4, -0.2) is 16.5 Å². The van der Waals surface area contributed by atoms with Gasteiger partial charge in [0.2, 0.25) is 0 Å². The molecule has 2 N–H and O–H groups in total. The van der Waals surface area contributed by atoms with E-state index < -0.39 is 0 Å². The lowest BCUT2D eigenvalue weighted by atomic mass is 10.1. The maximum Gasteiger partial charge on any atom is 0.195 e. The van der Waals surface area contributed by atoms with Crippen LogP contribution in [0.25, 0.3) is 27.5 Å². The van der Waals surface area contributed by atoms with E-state index in [0.717, 1.165) is 38.9 Å². The number of fused-ring (bicyclic) bond motifs is 1. The first-order chi connectivity index (χ1) is 12.2. The van der Waals surface area contributed by atoms with E-state index in [2.05, 4.69) is 28.0 Å². The Morgan fingerprint density at radius 3 is 2.60 bits per heavy atom. The number of nitrogens with zero attached hydrogens (tertiary/aromatic N) is 2. The zero-order chi connectivity index (χ0) is 17.4.